The van der Waals surface area contributed by atoms with Crippen LogP contribution in [0.4, 0.5) is 0 Å². The van der Waals surface area contributed by atoms with Gasteiger partial charge >= 0.3 is 191 Å². The van der Waals surface area contributed by atoms with Gasteiger partial charge < -0.3 is 0 Å². The van der Waals surface area contributed by atoms with Crippen molar-refractivity contribution >= 4 is 23.2 Å². The number of hydrogen-bond acceptors (Lipinski definition) is 0. The van der Waals surface area contributed by atoms with Crippen molar-refractivity contribution in [3.05, 3.63) is 91.0 Å². The summed E-state index contributed by atoms with van der Waals surface area (Å²) in [6.07, 6.45) is 19.6. The summed E-state index contributed by atoms with van der Waals surface area (Å²) >= 11 is 0. The van der Waals surface area contributed by atoms with Gasteiger partial charge in [-0.1, -0.05) is 19.8 Å². The van der Waals surface area contributed by atoms with E-state index in [9.17, 15) is 0 Å². The van der Waals surface area contributed by atoms with Gasteiger partial charge in [0, 0.05) is 0 Å². The first kappa shape index (κ1) is 26.7. The Balaban J connectivity index is 1.54. The Hall–Kier alpha value is -1.91. The molecule has 34 heavy (non-hydrogen) atoms. The summed E-state index contributed by atoms with van der Waals surface area (Å²) in [4.78, 5) is 0. The average molecular weight is 475 g/mol. The summed E-state index contributed by atoms with van der Waals surface area (Å²) in [6.45, 7) is 2.30. The van der Waals surface area contributed by atoms with Crippen molar-refractivity contribution in [3.63, 3.8) is 0 Å². The number of unbranched alkanes of at least 4 members (excludes halogenated alkanes) is 12. The molecule has 0 amide bonds. The molecule has 3 aromatic carbocycles. The van der Waals surface area contributed by atoms with Crippen LogP contribution < -0.4 is 15.9 Å². The standard InChI is InChI=1S/C33H47P/c1-2-3-4-5-6-7-8-9-10-11-12-13-23-30-34(31-24-17-14-18-25-31,32-26-19-15-20-27-32)33-28-21-16-22-29-33/h14-22,24-29,34H,2-13,23,30H2,1H3. The Kier molecular flexibility index (Phi) is 12.5. The number of benzene rings is 3. The van der Waals surface area contributed by atoms with Gasteiger partial charge in [0.25, 0.3) is 0 Å². The summed E-state index contributed by atoms with van der Waals surface area (Å²) in [5, 5.41) is 4.64. The van der Waals surface area contributed by atoms with E-state index in [1.54, 1.807) is 15.9 Å². The van der Waals surface area contributed by atoms with E-state index in [0.717, 1.165) is 0 Å². The zero-order valence-corrected chi connectivity index (χ0v) is 22.6. The van der Waals surface area contributed by atoms with E-state index >= 15 is 0 Å². The van der Waals surface area contributed by atoms with Crippen LogP contribution >= 0.6 is 7.26 Å². The third-order valence-electron chi connectivity index (χ3n) is 7.46. The van der Waals surface area contributed by atoms with Gasteiger partial charge in [-0.2, -0.15) is 0 Å². The summed E-state index contributed by atoms with van der Waals surface area (Å²) in [5.41, 5.74) is 0. The Morgan fingerprint density at radius 1 is 0.382 bits per heavy atom. The molecule has 0 unspecified atom stereocenters. The molecule has 0 nitrogen and oxygen atoms in total. The van der Waals surface area contributed by atoms with Crippen molar-refractivity contribution in [3.8, 4) is 0 Å². The monoisotopic (exact) mass is 474 g/mol. The van der Waals surface area contributed by atoms with Gasteiger partial charge in [-0.3, -0.25) is 0 Å². The van der Waals surface area contributed by atoms with Gasteiger partial charge in [-0.15, -0.1) is 0 Å². The van der Waals surface area contributed by atoms with Crippen LogP contribution in [0.3, 0.4) is 0 Å². The first-order valence-corrected chi connectivity index (χ1v) is 16.2. The van der Waals surface area contributed by atoms with Crippen LogP contribution in [0, 0.1) is 0 Å². The Labute approximate surface area is 210 Å². The molecule has 0 aliphatic rings. The molecule has 1 heteroatoms. The minimum absolute atomic E-state index is 1.29. The van der Waals surface area contributed by atoms with Crippen LogP contribution in [0.25, 0.3) is 0 Å². The van der Waals surface area contributed by atoms with Crippen LogP contribution in [-0.2, 0) is 0 Å². The Morgan fingerprint density at radius 2 is 0.676 bits per heavy atom. The maximum absolute atomic E-state index is 2.38. The maximum atomic E-state index is 2.38. The molecule has 0 saturated carbocycles. The van der Waals surface area contributed by atoms with E-state index in [4.69, 9.17) is 0 Å². The van der Waals surface area contributed by atoms with Crippen molar-refractivity contribution in [1.29, 1.82) is 0 Å². The van der Waals surface area contributed by atoms with E-state index in [0.29, 0.717) is 0 Å². The second-order valence-corrected chi connectivity index (χ2v) is 14.0. The SMILES string of the molecule is CCCCCCCCCCCCCCC[PH](c1ccccc1)(c1ccccc1)c1ccccc1. The fourth-order valence-electron chi connectivity index (χ4n) is 5.51. The van der Waals surface area contributed by atoms with Crippen molar-refractivity contribution in [2.45, 2.75) is 90.4 Å². The molecule has 0 aliphatic carbocycles. The molecular formula is C33H47P. The minimum atomic E-state index is -2.02. The molecule has 0 heterocycles. The molecular weight excluding hydrogens is 427 g/mol. The molecule has 0 spiro atoms. The fourth-order valence-corrected chi connectivity index (χ4v) is 10.4. The normalized spacial score (nSPS) is 12.0. The molecule has 0 saturated heterocycles. The third kappa shape index (κ3) is 8.09. The first-order chi connectivity index (χ1) is 16.9. The zero-order chi connectivity index (χ0) is 23.7. The molecule has 3 aromatic rings. The molecule has 0 bridgehead atoms. The average Bonchev–Trinajstić information content (AvgIpc) is 2.91. The predicted octanol–water partition coefficient (Wildman–Crippen LogP) is 8.80. The molecule has 0 radical (unpaired) electrons. The Bertz CT molecular complexity index is 776. The quantitative estimate of drug-likeness (QED) is 0.135. The fraction of sp³-hybridized carbons (Fsp3) is 0.455. The molecule has 0 atom stereocenters. The van der Waals surface area contributed by atoms with Gasteiger partial charge in [0.05, 0.1) is 0 Å². The summed E-state index contributed by atoms with van der Waals surface area (Å²) < 4.78 is 0. The van der Waals surface area contributed by atoms with E-state index in [1.165, 1.54) is 89.6 Å². The summed E-state index contributed by atoms with van der Waals surface area (Å²) in [6, 6.07) is 34.1. The van der Waals surface area contributed by atoms with Gasteiger partial charge in [0.2, 0.25) is 0 Å². The van der Waals surface area contributed by atoms with Crippen LogP contribution in [0.5, 0.6) is 0 Å². The van der Waals surface area contributed by atoms with E-state index in [2.05, 4.69) is 97.9 Å². The van der Waals surface area contributed by atoms with Crippen LogP contribution in [0.15, 0.2) is 91.0 Å². The van der Waals surface area contributed by atoms with Gasteiger partial charge in [-0.05, 0) is 0 Å². The second-order valence-electron chi connectivity index (χ2n) is 10.00. The van der Waals surface area contributed by atoms with E-state index < -0.39 is 7.26 Å². The van der Waals surface area contributed by atoms with Crippen molar-refractivity contribution < 1.29 is 0 Å². The molecule has 0 aromatic heterocycles. The van der Waals surface area contributed by atoms with E-state index in [-0.39, 0.29) is 0 Å². The van der Waals surface area contributed by atoms with Gasteiger partial charge in [0.15, 0.2) is 0 Å². The number of rotatable bonds is 17. The van der Waals surface area contributed by atoms with Gasteiger partial charge in [-0.25, -0.2) is 0 Å². The topological polar surface area (TPSA) is 0 Å². The Morgan fingerprint density at radius 3 is 1.00 bits per heavy atom. The number of hydrogen-bond donors (Lipinski definition) is 0. The molecule has 0 aliphatic heterocycles. The first-order valence-electron chi connectivity index (χ1n) is 14.0. The molecule has 3 rings (SSSR count). The summed E-state index contributed by atoms with van der Waals surface area (Å²) in [5.74, 6) is 0. The zero-order valence-electron chi connectivity index (χ0n) is 21.6. The van der Waals surface area contributed by atoms with Crippen LogP contribution in [0.1, 0.15) is 90.4 Å². The molecule has 184 valence electrons. The second kappa shape index (κ2) is 15.9. The molecule has 0 N–H and O–H groups in total. The molecule has 0 fully saturated rings. The van der Waals surface area contributed by atoms with Crippen molar-refractivity contribution in [1.82, 2.24) is 0 Å². The van der Waals surface area contributed by atoms with Crippen molar-refractivity contribution in [2.24, 2.45) is 0 Å². The van der Waals surface area contributed by atoms with Crippen molar-refractivity contribution in [2.75, 3.05) is 6.16 Å². The van der Waals surface area contributed by atoms with E-state index in [1.807, 2.05) is 0 Å². The third-order valence-corrected chi connectivity index (χ3v) is 12.5. The summed E-state index contributed by atoms with van der Waals surface area (Å²) in [7, 11) is -2.02. The van der Waals surface area contributed by atoms with Crippen LogP contribution in [-0.4, -0.2) is 6.16 Å². The predicted molar refractivity (Wildman–Crippen MR) is 157 cm³/mol. The van der Waals surface area contributed by atoms with Gasteiger partial charge in [0.1, 0.15) is 0 Å². The van der Waals surface area contributed by atoms with Crippen LogP contribution in [0.2, 0.25) is 0 Å².